The third-order valence-electron chi connectivity index (χ3n) is 4.02. The molecule has 1 aliphatic heterocycles. The van der Waals surface area contributed by atoms with Crippen LogP contribution in [0.15, 0.2) is 36.4 Å². The van der Waals surface area contributed by atoms with Crippen molar-refractivity contribution in [2.75, 3.05) is 19.0 Å². The van der Waals surface area contributed by atoms with Gasteiger partial charge in [0.1, 0.15) is 0 Å². The van der Waals surface area contributed by atoms with E-state index in [-0.39, 0.29) is 5.91 Å². The smallest absolute Gasteiger partial charge is 0.256 e. The summed E-state index contributed by atoms with van der Waals surface area (Å²) >= 11 is 6.07. The number of halogens is 1. The summed E-state index contributed by atoms with van der Waals surface area (Å²) in [6.07, 6.45) is 3.87. The van der Waals surface area contributed by atoms with Gasteiger partial charge in [-0.15, -0.1) is 0 Å². The van der Waals surface area contributed by atoms with Crippen LogP contribution in [0.2, 0.25) is 5.02 Å². The first kappa shape index (κ1) is 17.4. The van der Waals surface area contributed by atoms with Gasteiger partial charge in [0.15, 0.2) is 11.5 Å². The predicted octanol–water partition coefficient (Wildman–Crippen LogP) is 5.02. The summed E-state index contributed by atoms with van der Waals surface area (Å²) in [5, 5.41) is 3.45. The van der Waals surface area contributed by atoms with Gasteiger partial charge >= 0.3 is 0 Å². The molecule has 1 amide bonds. The van der Waals surface area contributed by atoms with Gasteiger partial charge in [0.05, 0.1) is 13.7 Å². The van der Waals surface area contributed by atoms with Crippen LogP contribution in [0.1, 0.15) is 30.9 Å². The number of anilines is 1. The number of fused-ring (bicyclic) bond motifs is 1. The lowest BCUT2D eigenvalue weighted by Gasteiger charge is -2.11. The van der Waals surface area contributed by atoms with E-state index in [1.54, 1.807) is 19.2 Å². The summed E-state index contributed by atoms with van der Waals surface area (Å²) < 4.78 is 11.2. The average Bonchev–Trinajstić information content (AvgIpc) is 2.91. The summed E-state index contributed by atoms with van der Waals surface area (Å²) in [6.45, 7) is 2.74. The molecule has 0 aromatic heterocycles. The summed E-state index contributed by atoms with van der Waals surface area (Å²) in [5.74, 6) is 1.22. The van der Waals surface area contributed by atoms with E-state index in [9.17, 15) is 4.79 Å². The predicted molar refractivity (Wildman–Crippen MR) is 101 cm³/mol. The molecule has 0 radical (unpaired) electrons. The van der Waals surface area contributed by atoms with Crippen molar-refractivity contribution >= 4 is 34.8 Å². The zero-order valence-electron chi connectivity index (χ0n) is 14.3. The minimum absolute atomic E-state index is 0.137. The van der Waals surface area contributed by atoms with Crippen molar-refractivity contribution < 1.29 is 14.3 Å². The summed E-state index contributed by atoms with van der Waals surface area (Å²) in [7, 11) is 1.61. The van der Waals surface area contributed by atoms with Gasteiger partial charge in [-0.2, -0.15) is 0 Å². The molecule has 0 aliphatic carbocycles. The van der Waals surface area contributed by atoms with Crippen LogP contribution >= 0.6 is 11.6 Å². The molecule has 0 bridgehead atoms. The van der Waals surface area contributed by atoms with Crippen molar-refractivity contribution in [3.63, 3.8) is 0 Å². The molecule has 3 rings (SSSR count). The second kappa shape index (κ2) is 7.62. The van der Waals surface area contributed by atoms with E-state index < -0.39 is 0 Å². The third kappa shape index (κ3) is 3.80. The summed E-state index contributed by atoms with van der Waals surface area (Å²) in [6, 6.07) is 11.0. The lowest BCUT2D eigenvalue weighted by Crippen LogP contribution is -2.03. The molecule has 2 aromatic rings. The molecule has 25 heavy (non-hydrogen) atoms. The SMILES string of the molecule is CCCCOc1cc(/C=C2/C(=O)Nc3ccc(Cl)cc32)ccc1OC. The van der Waals surface area contributed by atoms with Crippen molar-refractivity contribution in [1.29, 1.82) is 0 Å². The lowest BCUT2D eigenvalue weighted by atomic mass is 10.0. The quantitative estimate of drug-likeness (QED) is 0.583. The number of nitrogens with one attached hydrogen (secondary N) is 1. The molecule has 0 fully saturated rings. The van der Waals surface area contributed by atoms with E-state index in [0.717, 1.165) is 29.7 Å². The maximum atomic E-state index is 12.3. The van der Waals surface area contributed by atoms with Crippen molar-refractivity contribution in [3.8, 4) is 11.5 Å². The van der Waals surface area contributed by atoms with E-state index in [1.165, 1.54) is 0 Å². The number of benzene rings is 2. The number of methoxy groups -OCH3 is 1. The van der Waals surface area contributed by atoms with E-state index in [4.69, 9.17) is 21.1 Å². The largest absolute Gasteiger partial charge is 0.493 e. The highest BCUT2D eigenvalue weighted by Crippen LogP contribution is 2.36. The Morgan fingerprint density at radius 1 is 1.16 bits per heavy atom. The Balaban J connectivity index is 1.95. The Morgan fingerprint density at radius 3 is 2.76 bits per heavy atom. The molecule has 130 valence electrons. The van der Waals surface area contributed by atoms with Gasteiger partial charge in [0.2, 0.25) is 0 Å². The fraction of sp³-hybridized carbons (Fsp3) is 0.250. The highest BCUT2D eigenvalue weighted by Gasteiger charge is 2.24. The van der Waals surface area contributed by atoms with E-state index >= 15 is 0 Å². The number of carbonyl (C=O) groups excluding carboxylic acids is 1. The fourth-order valence-electron chi connectivity index (χ4n) is 2.69. The van der Waals surface area contributed by atoms with Crippen molar-refractivity contribution in [1.82, 2.24) is 0 Å². The average molecular weight is 358 g/mol. The minimum Gasteiger partial charge on any atom is -0.493 e. The zero-order chi connectivity index (χ0) is 17.8. The summed E-state index contributed by atoms with van der Waals surface area (Å²) in [4.78, 5) is 12.3. The number of ether oxygens (including phenoxy) is 2. The van der Waals surface area contributed by atoms with Crippen LogP contribution in [-0.4, -0.2) is 19.6 Å². The number of hydrogen-bond donors (Lipinski definition) is 1. The first-order valence-corrected chi connectivity index (χ1v) is 8.64. The number of unbranched alkanes of at least 4 members (excludes halogenated alkanes) is 1. The van der Waals surface area contributed by atoms with E-state index in [0.29, 0.717) is 28.7 Å². The fourth-order valence-corrected chi connectivity index (χ4v) is 2.86. The number of rotatable bonds is 6. The second-order valence-corrected chi connectivity index (χ2v) is 6.25. The molecule has 2 aromatic carbocycles. The maximum Gasteiger partial charge on any atom is 0.256 e. The third-order valence-corrected chi connectivity index (χ3v) is 4.25. The summed E-state index contributed by atoms with van der Waals surface area (Å²) in [5.41, 5.74) is 3.03. The van der Waals surface area contributed by atoms with Gasteiger partial charge < -0.3 is 14.8 Å². The van der Waals surface area contributed by atoms with Crippen LogP contribution in [0.4, 0.5) is 5.69 Å². The Bertz CT molecular complexity index is 830. The zero-order valence-corrected chi connectivity index (χ0v) is 15.0. The lowest BCUT2D eigenvalue weighted by molar-refractivity contribution is -0.110. The maximum absolute atomic E-state index is 12.3. The second-order valence-electron chi connectivity index (χ2n) is 5.81. The molecule has 0 spiro atoms. The molecule has 4 nitrogen and oxygen atoms in total. The van der Waals surface area contributed by atoms with Crippen molar-refractivity contribution in [2.45, 2.75) is 19.8 Å². The standard InChI is InChI=1S/C20H20ClNO3/c1-3-4-9-25-19-11-13(5-8-18(19)24-2)10-16-15-12-14(21)6-7-17(15)22-20(16)23/h5-8,10-12H,3-4,9H2,1-2H3,(H,22,23)/b16-10+. The molecule has 0 unspecified atom stereocenters. The van der Waals surface area contributed by atoms with Crippen LogP contribution in [-0.2, 0) is 4.79 Å². The monoisotopic (exact) mass is 357 g/mol. The van der Waals surface area contributed by atoms with Crippen LogP contribution in [0, 0.1) is 0 Å². The topological polar surface area (TPSA) is 47.6 Å². The molecule has 0 saturated carbocycles. The van der Waals surface area contributed by atoms with Crippen LogP contribution in [0.25, 0.3) is 11.6 Å². The normalized spacial score (nSPS) is 14.4. The van der Waals surface area contributed by atoms with Gasteiger partial charge in [-0.05, 0) is 48.4 Å². The molecule has 1 N–H and O–H groups in total. The highest BCUT2D eigenvalue weighted by atomic mass is 35.5. The first-order chi connectivity index (χ1) is 12.1. The Kier molecular flexibility index (Phi) is 5.29. The Hall–Kier alpha value is -2.46. The van der Waals surface area contributed by atoms with Gasteiger partial charge in [-0.25, -0.2) is 0 Å². The highest BCUT2D eigenvalue weighted by molar-refractivity contribution is 6.36. The van der Waals surface area contributed by atoms with Gasteiger partial charge in [-0.3, -0.25) is 4.79 Å². The van der Waals surface area contributed by atoms with Gasteiger partial charge in [-0.1, -0.05) is 31.0 Å². The Labute approximate surface area is 152 Å². The van der Waals surface area contributed by atoms with Crippen molar-refractivity contribution in [2.24, 2.45) is 0 Å². The first-order valence-electron chi connectivity index (χ1n) is 8.26. The molecule has 0 saturated heterocycles. The number of amides is 1. The number of hydrogen-bond acceptors (Lipinski definition) is 3. The van der Waals surface area contributed by atoms with E-state index in [2.05, 4.69) is 12.2 Å². The van der Waals surface area contributed by atoms with Crippen LogP contribution < -0.4 is 14.8 Å². The molecular weight excluding hydrogens is 338 g/mol. The molecular formula is C20H20ClNO3. The minimum atomic E-state index is -0.137. The molecule has 5 heteroatoms. The van der Waals surface area contributed by atoms with E-state index in [1.807, 2.05) is 30.3 Å². The number of carbonyl (C=O) groups is 1. The van der Waals surface area contributed by atoms with Crippen molar-refractivity contribution in [3.05, 3.63) is 52.5 Å². The molecule has 1 aliphatic rings. The van der Waals surface area contributed by atoms with Crippen LogP contribution in [0.3, 0.4) is 0 Å². The molecule has 0 atom stereocenters. The molecule has 1 heterocycles. The van der Waals surface area contributed by atoms with Gasteiger partial charge in [0.25, 0.3) is 5.91 Å². The van der Waals surface area contributed by atoms with Gasteiger partial charge in [0, 0.05) is 21.8 Å². The van der Waals surface area contributed by atoms with Crippen LogP contribution in [0.5, 0.6) is 11.5 Å². The Morgan fingerprint density at radius 2 is 2.00 bits per heavy atom.